The van der Waals surface area contributed by atoms with Gasteiger partial charge < -0.3 is 10.2 Å². The van der Waals surface area contributed by atoms with Crippen LogP contribution in [0, 0.1) is 26.1 Å². The Hall–Kier alpha value is -3.82. The van der Waals surface area contributed by atoms with Crippen molar-refractivity contribution in [3.8, 4) is 0 Å². The van der Waals surface area contributed by atoms with E-state index in [9.17, 15) is 40.0 Å². The molecule has 0 saturated carbocycles. The number of benzene rings is 2. The molecular weight excluding hydrogens is 360 g/mol. The number of hydrogen-bond acceptors (Lipinski definition) is 6. The molecule has 27 heavy (non-hydrogen) atoms. The SMILES string of the molecule is O=C(O)C(C(=O)O)[C@H](c1cccc([N+](=O)[O-])c1)[C@H](c1ccccc1)[N+](=O)[O-]. The molecule has 0 spiro atoms. The Labute approximate surface area is 152 Å². The zero-order valence-electron chi connectivity index (χ0n) is 13.7. The average molecular weight is 374 g/mol. The topological polar surface area (TPSA) is 161 Å². The summed E-state index contributed by atoms with van der Waals surface area (Å²) in [7, 11) is 0. The first-order chi connectivity index (χ1) is 12.7. The number of aliphatic carboxylic acids is 2. The molecule has 2 aromatic carbocycles. The van der Waals surface area contributed by atoms with E-state index in [1.807, 2.05) is 0 Å². The molecule has 0 unspecified atom stereocenters. The summed E-state index contributed by atoms with van der Waals surface area (Å²) in [6, 6.07) is 10.2. The molecule has 140 valence electrons. The van der Waals surface area contributed by atoms with Crippen molar-refractivity contribution in [3.05, 3.63) is 86.0 Å². The standard InChI is InChI=1S/C17H14N2O8/c20-16(21)14(17(22)23)13(11-7-4-8-12(9-11)18(24)25)15(19(26)27)10-5-2-1-3-6-10/h1-9,13-15H,(H,20,21)(H,22,23)/t13-,15-/m0/s1. The zero-order chi connectivity index (χ0) is 20.1. The Kier molecular flexibility index (Phi) is 5.81. The van der Waals surface area contributed by atoms with Gasteiger partial charge in [-0.1, -0.05) is 42.5 Å². The van der Waals surface area contributed by atoms with E-state index in [1.54, 1.807) is 6.07 Å². The third-order valence-corrected chi connectivity index (χ3v) is 4.07. The minimum absolute atomic E-state index is 0.0894. The number of carbonyl (C=O) groups is 2. The Morgan fingerprint density at radius 3 is 1.89 bits per heavy atom. The van der Waals surface area contributed by atoms with Crippen LogP contribution >= 0.6 is 0 Å². The van der Waals surface area contributed by atoms with Crippen molar-refractivity contribution in [2.24, 2.45) is 5.92 Å². The van der Waals surface area contributed by atoms with Gasteiger partial charge in [0.15, 0.2) is 5.92 Å². The molecule has 2 atom stereocenters. The fourth-order valence-corrected chi connectivity index (χ4v) is 2.93. The second-order valence-corrected chi connectivity index (χ2v) is 5.67. The molecule has 2 rings (SSSR count). The Morgan fingerprint density at radius 2 is 1.41 bits per heavy atom. The van der Waals surface area contributed by atoms with Gasteiger partial charge in [0.2, 0.25) is 6.04 Å². The molecule has 0 aliphatic carbocycles. The van der Waals surface area contributed by atoms with Crippen molar-refractivity contribution in [2.75, 3.05) is 0 Å². The molecule has 0 saturated heterocycles. The van der Waals surface area contributed by atoms with Gasteiger partial charge in [-0.25, -0.2) is 0 Å². The van der Waals surface area contributed by atoms with Crippen LogP contribution in [0.2, 0.25) is 0 Å². The summed E-state index contributed by atoms with van der Waals surface area (Å²) in [6.45, 7) is 0. The van der Waals surface area contributed by atoms with Crippen LogP contribution in [0.25, 0.3) is 0 Å². The van der Waals surface area contributed by atoms with Gasteiger partial charge in [-0.15, -0.1) is 0 Å². The van der Waals surface area contributed by atoms with E-state index in [-0.39, 0.29) is 11.1 Å². The van der Waals surface area contributed by atoms with E-state index < -0.39 is 45.4 Å². The molecule has 0 fully saturated rings. The predicted octanol–water partition coefficient (Wildman–Crippen LogP) is 2.48. The Bertz CT molecular complexity index is 870. The normalized spacial score (nSPS) is 12.9. The third-order valence-electron chi connectivity index (χ3n) is 4.07. The van der Waals surface area contributed by atoms with Gasteiger partial charge in [0.05, 0.1) is 10.8 Å². The van der Waals surface area contributed by atoms with Crippen LogP contribution in [0.15, 0.2) is 54.6 Å². The highest BCUT2D eigenvalue weighted by Crippen LogP contribution is 2.40. The lowest BCUT2D eigenvalue weighted by Crippen LogP contribution is -2.35. The minimum Gasteiger partial charge on any atom is -0.481 e. The molecule has 0 heterocycles. The van der Waals surface area contributed by atoms with E-state index in [0.29, 0.717) is 0 Å². The second-order valence-electron chi connectivity index (χ2n) is 5.67. The first-order valence-corrected chi connectivity index (χ1v) is 7.62. The van der Waals surface area contributed by atoms with Crippen LogP contribution < -0.4 is 0 Å². The van der Waals surface area contributed by atoms with Gasteiger partial charge in [-0.05, 0) is 5.56 Å². The summed E-state index contributed by atoms with van der Waals surface area (Å²) in [5, 5.41) is 41.6. The van der Waals surface area contributed by atoms with Crippen molar-refractivity contribution >= 4 is 17.6 Å². The lowest BCUT2D eigenvalue weighted by atomic mass is 9.78. The summed E-state index contributed by atoms with van der Waals surface area (Å²) >= 11 is 0. The number of rotatable bonds is 8. The van der Waals surface area contributed by atoms with E-state index in [0.717, 1.165) is 12.1 Å². The number of hydrogen-bond donors (Lipinski definition) is 2. The van der Waals surface area contributed by atoms with Crippen molar-refractivity contribution < 1.29 is 29.6 Å². The average Bonchev–Trinajstić information content (AvgIpc) is 2.61. The molecule has 0 aliphatic rings. The van der Waals surface area contributed by atoms with Gasteiger partial charge in [-0.2, -0.15) is 0 Å². The van der Waals surface area contributed by atoms with Crippen LogP contribution in [0.3, 0.4) is 0 Å². The summed E-state index contributed by atoms with van der Waals surface area (Å²) in [4.78, 5) is 44.5. The highest BCUT2D eigenvalue weighted by atomic mass is 16.6. The summed E-state index contributed by atoms with van der Waals surface area (Å²) < 4.78 is 0. The van der Waals surface area contributed by atoms with E-state index in [1.165, 1.54) is 36.4 Å². The second kappa shape index (κ2) is 8.04. The van der Waals surface area contributed by atoms with Crippen LogP contribution in [-0.4, -0.2) is 32.0 Å². The molecule has 0 aliphatic heterocycles. The maximum atomic E-state index is 11.8. The first-order valence-electron chi connectivity index (χ1n) is 7.62. The van der Waals surface area contributed by atoms with Crippen molar-refractivity contribution in [1.82, 2.24) is 0 Å². The van der Waals surface area contributed by atoms with Crippen LogP contribution in [0.1, 0.15) is 23.1 Å². The van der Waals surface area contributed by atoms with Gasteiger partial charge in [0.1, 0.15) is 0 Å². The molecule has 0 amide bonds. The van der Waals surface area contributed by atoms with Gasteiger partial charge >= 0.3 is 11.9 Å². The number of nitro groups is 2. The van der Waals surface area contributed by atoms with Gasteiger partial charge in [-0.3, -0.25) is 29.8 Å². The van der Waals surface area contributed by atoms with Crippen LogP contribution in [0.4, 0.5) is 5.69 Å². The molecule has 10 nitrogen and oxygen atoms in total. The molecular formula is C17H14N2O8. The highest BCUT2D eigenvalue weighted by Gasteiger charge is 2.47. The molecule has 2 N–H and O–H groups in total. The number of nitrogens with zero attached hydrogens (tertiary/aromatic N) is 2. The van der Waals surface area contributed by atoms with Crippen LogP contribution in [0.5, 0.6) is 0 Å². The maximum absolute atomic E-state index is 11.8. The van der Waals surface area contributed by atoms with Crippen LogP contribution in [-0.2, 0) is 9.59 Å². The highest BCUT2D eigenvalue weighted by molar-refractivity contribution is 5.94. The molecule has 0 bridgehead atoms. The lowest BCUT2D eigenvalue weighted by molar-refractivity contribution is -0.534. The lowest BCUT2D eigenvalue weighted by Gasteiger charge is -2.24. The molecule has 0 radical (unpaired) electrons. The zero-order valence-corrected chi connectivity index (χ0v) is 13.7. The van der Waals surface area contributed by atoms with E-state index >= 15 is 0 Å². The fraction of sp³-hybridized carbons (Fsp3) is 0.176. The molecule has 10 heteroatoms. The monoisotopic (exact) mass is 374 g/mol. The van der Waals surface area contributed by atoms with Gasteiger partial charge in [0.25, 0.3) is 5.69 Å². The minimum atomic E-state index is -2.18. The smallest absolute Gasteiger partial charge is 0.318 e. The maximum Gasteiger partial charge on any atom is 0.318 e. The number of carboxylic acids is 2. The van der Waals surface area contributed by atoms with E-state index in [2.05, 4.69) is 0 Å². The third kappa shape index (κ3) is 4.24. The fourth-order valence-electron chi connectivity index (χ4n) is 2.93. The molecule has 0 aromatic heterocycles. The van der Waals surface area contributed by atoms with Crippen molar-refractivity contribution in [3.63, 3.8) is 0 Å². The molecule has 2 aromatic rings. The number of non-ortho nitro benzene ring substituents is 1. The van der Waals surface area contributed by atoms with Gasteiger partial charge in [0, 0.05) is 22.6 Å². The van der Waals surface area contributed by atoms with Crippen molar-refractivity contribution in [1.29, 1.82) is 0 Å². The quantitative estimate of drug-likeness (QED) is 0.404. The van der Waals surface area contributed by atoms with E-state index in [4.69, 9.17) is 0 Å². The Morgan fingerprint density at radius 1 is 0.852 bits per heavy atom. The summed E-state index contributed by atoms with van der Waals surface area (Å²) in [5.74, 6) is -7.40. The summed E-state index contributed by atoms with van der Waals surface area (Å²) in [5.41, 5.74) is -0.460. The Balaban J connectivity index is 2.73. The number of carboxylic acid groups (broad SMARTS) is 2. The predicted molar refractivity (Wildman–Crippen MR) is 90.8 cm³/mol. The number of nitro benzene ring substituents is 1. The first kappa shape index (κ1) is 19.5. The summed E-state index contributed by atoms with van der Waals surface area (Å²) in [6.07, 6.45) is 0. The largest absolute Gasteiger partial charge is 0.481 e. The van der Waals surface area contributed by atoms with Crippen molar-refractivity contribution in [2.45, 2.75) is 12.0 Å².